The van der Waals surface area contributed by atoms with Gasteiger partial charge in [0.05, 0.1) is 10.6 Å². The maximum Gasteiger partial charge on any atom is 0.217 e. The zero-order chi connectivity index (χ0) is 17.6. The zero-order valence-corrected chi connectivity index (χ0v) is 14.2. The van der Waals surface area contributed by atoms with Crippen molar-refractivity contribution in [2.75, 3.05) is 0 Å². The second kappa shape index (κ2) is 5.48. The van der Waals surface area contributed by atoms with Gasteiger partial charge in [0.25, 0.3) is 0 Å². The highest BCUT2D eigenvalue weighted by Crippen LogP contribution is 2.55. The first-order valence-electron chi connectivity index (χ1n) is 7.63. The predicted molar refractivity (Wildman–Crippen MR) is 85.7 cm³/mol. The molecule has 0 atom stereocenters. The minimum Gasteiger partial charge on any atom is -0.489 e. The quantitative estimate of drug-likeness (QED) is 0.926. The van der Waals surface area contributed by atoms with E-state index in [4.69, 9.17) is 23.0 Å². The largest absolute Gasteiger partial charge is 0.489 e. The fourth-order valence-electron chi connectivity index (χ4n) is 3.72. The van der Waals surface area contributed by atoms with Gasteiger partial charge < -0.3 is 10.0 Å². The van der Waals surface area contributed by atoms with Gasteiger partial charge in [-0.15, -0.1) is 0 Å². The molecule has 1 aromatic rings. The third-order valence-electron chi connectivity index (χ3n) is 4.39. The molecule has 0 aliphatic heterocycles. The molecule has 0 saturated heterocycles. The highest BCUT2D eigenvalue weighted by molar-refractivity contribution is 6.31. The lowest BCUT2D eigenvalue weighted by atomic mass is 9.49. The van der Waals surface area contributed by atoms with Crippen molar-refractivity contribution in [3.63, 3.8) is 0 Å². The number of hydrogen-bond acceptors (Lipinski definition) is 3. The molecule has 0 spiro atoms. The molecule has 1 aliphatic carbocycles. The van der Waals surface area contributed by atoms with E-state index in [0.29, 0.717) is 16.3 Å². The number of nitrogens with one attached hydrogen (secondary N) is 1. The van der Waals surface area contributed by atoms with E-state index in [0.717, 1.165) is 5.31 Å². The molecule has 1 fully saturated rings. The molecular formula is C17H21ClN2O2. The van der Waals surface area contributed by atoms with Crippen molar-refractivity contribution < 1.29 is 10.9 Å². The van der Waals surface area contributed by atoms with E-state index in [1.807, 2.05) is 33.8 Å². The summed E-state index contributed by atoms with van der Waals surface area (Å²) in [5.41, 5.74) is -0.354. The molecule has 4 nitrogen and oxygen atoms in total. The molecule has 1 N–H and O–H groups in total. The average molecular weight is 322 g/mol. The van der Waals surface area contributed by atoms with Gasteiger partial charge in [-0.1, -0.05) is 39.3 Å². The van der Waals surface area contributed by atoms with Gasteiger partial charge in [-0.3, -0.25) is 4.79 Å². The van der Waals surface area contributed by atoms with Crippen LogP contribution in [0.5, 0.6) is 5.75 Å². The van der Waals surface area contributed by atoms with Crippen molar-refractivity contribution in [2.24, 2.45) is 10.8 Å². The molecule has 2 rings (SSSR count). The Bertz CT molecular complexity index is 666. The molecule has 1 amide bonds. The minimum absolute atomic E-state index is 0.184. The summed E-state index contributed by atoms with van der Waals surface area (Å²) in [6, 6.07) is 6.74. The van der Waals surface area contributed by atoms with Gasteiger partial charge in [-0.25, -0.2) is 0 Å². The SMILES string of the molecule is [2H]N(C(C)=O)C1C(C)(C)C(Oc2ccc(C#N)c(Cl)c2)C1(C)C. The van der Waals surface area contributed by atoms with Crippen LogP contribution >= 0.6 is 11.6 Å². The number of ether oxygens (including phenoxy) is 1. The fourth-order valence-corrected chi connectivity index (χ4v) is 3.94. The summed E-state index contributed by atoms with van der Waals surface area (Å²) in [7, 11) is 0. The second-order valence-electron chi connectivity index (χ2n) is 6.94. The highest BCUT2D eigenvalue weighted by atomic mass is 35.5. The molecule has 0 heterocycles. The monoisotopic (exact) mass is 321 g/mol. The van der Waals surface area contributed by atoms with Crippen LogP contribution < -0.4 is 10.0 Å². The summed E-state index contributed by atoms with van der Waals surface area (Å²) in [6.45, 7) is 9.35. The maximum atomic E-state index is 11.6. The van der Waals surface area contributed by atoms with Gasteiger partial charge in [0.1, 0.15) is 17.9 Å². The minimum atomic E-state index is -0.378. The number of rotatable bonds is 3. The standard InChI is InChI=1S/C17H21ClN2O2/c1-10(21)20-14-16(2,3)15(17(14,4)5)22-12-7-6-11(9-19)13(18)8-12/h6-8,14-15H,1-5H3,(H,20,21)/i/hD. The summed E-state index contributed by atoms with van der Waals surface area (Å²) in [5.74, 6) is 0.300. The Morgan fingerprint density at radius 2 is 2.00 bits per heavy atom. The third kappa shape index (κ3) is 2.66. The fraction of sp³-hybridized carbons (Fsp3) is 0.529. The number of nitrogens with zero attached hydrogens (tertiary/aromatic N) is 1. The Balaban J connectivity index is 2.26. The average Bonchev–Trinajstić information content (AvgIpc) is 2.43. The molecule has 1 aromatic carbocycles. The maximum absolute atomic E-state index is 11.6. The van der Waals surface area contributed by atoms with E-state index in [1.165, 1.54) is 6.92 Å². The first-order valence-corrected chi connectivity index (χ1v) is 7.56. The normalized spacial score (nSPS) is 25.4. The first kappa shape index (κ1) is 15.2. The lowest BCUT2D eigenvalue weighted by Gasteiger charge is -2.63. The van der Waals surface area contributed by atoms with Crippen LogP contribution in [0.1, 0.15) is 40.2 Å². The van der Waals surface area contributed by atoms with Gasteiger partial charge in [0.2, 0.25) is 5.91 Å². The van der Waals surface area contributed by atoms with Crippen molar-refractivity contribution in [3.05, 3.63) is 28.8 Å². The van der Waals surface area contributed by atoms with Gasteiger partial charge >= 0.3 is 0 Å². The van der Waals surface area contributed by atoms with Gasteiger partial charge in [0, 0.05) is 29.9 Å². The molecule has 5 heteroatoms. The second-order valence-corrected chi connectivity index (χ2v) is 7.35. The highest BCUT2D eigenvalue weighted by Gasteiger charge is 2.63. The molecule has 0 aromatic heterocycles. The molecule has 22 heavy (non-hydrogen) atoms. The number of hydrogen-bond donors (Lipinski definition) is 1. The van der Waals surface area contributed by atoms with E-state index in [9.17, 15) is 4.79 Å². The topological polar surface area (TPSA) is 62.1 Å². The number of nitriles is 1. The summed E-state index contributed by atoms with van der Waals surface area (Å²) < 4.78 is 14.1. The Labute approximate surface area is 137 Å². The van der Waals surface area contributed by atoms with Crippen LogP contribution in [-0.2, 0) is 4.79 Å². The molecule has 1 saturated carbocycles. The molecule has 0 unspecified atom stereocenters. The van der Waals surface area contributed by atoms with Gasteiger partial charge in [-0.05, 0) is 12.1 Å². The van der Waals surface area contributed by atoms with Crippen molar-refractivity contribution in [1.29, 1.82) is 5.26 Å². The van der Waals surface area contributed by atoms with Crippen LogP contribution in [-0.4, -0.2) is 18.1 Å². The molecule has 1 aliphatic rings. The Morgan fingerprint density at radius 3 is 2.45 bits per heavy atom. The Kier molecular flexibility index (Phi) is 3.78. The number of carbonyl (C=O) groups is 1. The first-order chi connectivity index (χ1) is 10.5. The van der Waals surface area contributed by atoms with Crippen LogP contribution in [0.4, 0.5) is 0 Å². The lowest BCUT2D eigenvalue weighted by molar-refractivity contribution is -0.172. The van der Waals surface area contributed by atoms with Crippen molar-refractivity contribution in [2.45, 2.75) is 46.8 Å². The van der Waals surface area contributed by atoms with E-state index in [-0.39, 0.29) is 28.9 Å². The van der Waals surface area contributed by atoms with E-state index in [2.05, 4.69) is 0 Å². The van der Waals surface area contributed by atoms with Gasteiger partial charge in [-0.2, -0.15) is 5.26 Å². The van der Waals surface area contributed by atoms with Crippen LogP contribution in [0.3, 0.4) is 0 Å². The Hall–Kier alpha value is -1.73. The van der Waals surface area contributed by atoms with Crippen molar-refractivity contribution in [1.82, 2.24) is 5.31 Å². The molecule has 0 radical (unpaired) electrons. The summed E-state index contributed by atoms with van der Waals surface area (Å²) in [6.07, 6.45) is -0.184. The third-order valence-corrected chi connectivity index (χ3v) is 4.70. The van der Waals surface area contributed by atoms with E-state index >= 15 is 0 Å². The van der Waals surface area contributed by atoms with Crippen molar-refractivity contribution in [3.8, 4) is 11.8 Å². The molecule has 0 bridgehead atoms. The van der Waals surface area contributed by atoms with Crippen LogP contribution in [0.2, 0.25) is 6.43 Å². The number of benzene rings is 1. The summed E-state index contributed by atoms with van der Waals surface area (Å²) >= 11 is 6.05. The lowest BCUT2D eigenvalue weighted by Crippen LogP contribution is -2.74. The zero-order valence-electron chi connectivity index (χ0n) is 14.5. The summed E-state index contributed by atoms with van der Waals surface area (Å²) in [5, 5.41) is 10.3. The molecule has 118 valence electrons. The van der Waals surface area contributed by atoms with Crippen LogP contribution in [0.15, 0.2) is 18.2 Å². The van der Waals surface area contributed by atoms with E-state index < -0.39 is 0 Å². The number of amides is 1. The molecular weight excluding hydrogens is 300 g/mol. The van der Waals surface area contributed by atoms with Crippen LogP contribution in [0, 0.1) is 22.2 Å². The smallest absolute Gasteiger partial charge is 0.217 e. The number of carbonyl (C=O) groups excluding carboxylic acids is 1. The van der Waals surface area contributed by atoms with Gasteiger partial charge in [0.15, 0.2) is 1.41 Å². The Morgan fingerprint density at radius 1 is 1.41 bits per heavy atom. The van der Waals surface area contributed by atoms with Crippen LogP contribution in [0.25, 0.3) is 0 Å². The van der Waals surface area contributed by atoms with E-state index in [1.54, 1.807) is 18.2 Å². The van der Waals surface area contributed by atoms with Crippen molar-refractivity contribution >= 4 is 17.5 Å². The summed E-state index contributed by atoms with van der Waals surface area (Å²) in [4.78, 5) is 11.6. The number of halogens is 1. The predicted octanol–water partition coefficient (Wildman–Crippen LogP) is 3.53.